The van der Waals surface area contributed by atoms with Crippen molar-refractivity contribution in [2.45, 2.75) is 51.0 Å². The Hall–Kier alpha value is -2.51. The number of aryl methyl sites for hydroxylation is 1. The number of benzene rings is 2. The van der Waals surface area contributed by atoms with E-state index in [-0.39, 0.29) is 11.3 Å². The Morgan fingerprint density at radius 3 is 2.65 bits per heavy atom. The molecule has 2 aliphatic carbocycles. The van der Waals surface area contributed by atoms with E-state index in [9.17, 15) is 18.3 Å². The van der Waals surface area contributed by atoms with E-state index in [0.29, 0.717) is 46.5 Å². The predicted molar refractivity (Wildman–Crippen MR) is 133 cm³/mol. The molecule has 2 aromatic carbocycles. The fourth-order valence-corrected chi connectivity index (χ4v) is 6.82. The lowest BCUT2D eigenvalue weighted by Gasteiger charge is -2.38. The van der Waals surface area contributed by atoms with Gasteiger partial charge in [0, 0.05) is 16.3 Å². The predicted octanol–water partition coefficient (Wildman–Crippen LogP) is 5.85. The largest absolute Gasteiger partial charge is 0.507 e. The van der Waals surface area contributed by atoms with Gasteiger partial charge in [-0.3, -0.25) is 4.72 Å². The number of hydrogen-bond acceptors (Lipinski definition) is 5. The van der Waals surface area contributed by atoms with E-state index in [0.717, 1.165) is 30.2 Å². The van der Waals surface area contributed by atoms with Crippen molar-refractivity contribution in [3.63, 3.8) is 0 Å². The number of carbonyl (C=O) groups excluding carboxylic acids is 1. The van der Waals surface area contributed by atoms with Gasteiger partial charge in [0.1, 0.15) is 5.57 Å². The van der Waals surface area contributed by atoms with E-state index in [1.807, 2.05) is 19.1 Å². The minimum atomic E-state index is -3.41. The molecule has 0 aromatic heterocycles. The molecule has 3 aliphatic rings. The summed E-state index contributed by atoms with van der Waals surface area (Å²) in [5.41, 5.74) is 2.49. The van der Waals surface area contributed by atoms with Crippen LogP contribution in [0.5, 0.6) is 0 Å². The number of rotatable bonds is 4. The lowest BCUT2D eigenvalue weighted by atomic mass is 9.72. The number of aliphatic hydroxyl groups excluding tert-OH is 1. The third-order valence-corrected chi connectivity index (χ3v) is 8.47. The minimum absolute atomic E-state index is 0.0362. The van der Waals surface area contributed by atoms with Crippen LogP contribution in [0.3, 0.4) is 0 Å². The van der Waals surface area contributed by atoms with E-state index in [1.54, 1.807) is 24.3 Å². The maximum Gasteiger partial charge on any atom is 0.343 e. The summed E-state index contributed by atoms with van der Waals surface area (Å²) >= 11 is 6.65. The summed E-state index contributed by atoms with van der Waals surface area (Å²) in [5, 5.41) is 11.7. The second kappa shape index (κ2) is 8.31. The van der Waals surface area contributed by atoms with E-state index in [4.69, 9.17) is 16.3 Å². The Bertz CT molecular complexity index is 1320. The van der Waals surface area contributed by atoms with Gasteiger partial charge in [-0.05, 0) is 79.0 Å². The molecule has 2 fully saturated rings. The van der Waals surface area contributed by atoms with E-state index in [1.165, 1.54) is 12.8 Å². The van der Waals surface area contributed by atoms with Crippen LogP contribution in [0, 0.1) is 18.8 Å². The average molecular weight is 502 g/mol. The smallest absolute Gasteiger partial charge is 0.343 e. The molecule has 180 valence electrons. The molecule has 8 heteroatoms. The number of anilines is 1. The van der Waals surface area contributed by atoms with Gasteiger partial charge in [0.15, 0.2) is 11.4 Å². The molecule has 2 aromatic rings. The molecule has 0 radical (unpaired) electrons. The summed E-state index contributed by atoms with van der Waals surface area (Å²) in [6.07, 6.45) is 6.95. The van der Waals surface area contributed by atoms with Crippen molar-refractivity contribution in [2.75, 3.05) is 11.0 Å². The molecule has 1 heterocycles. The average Bonchev–Trinajstić information content (AvgIpc) is 3.31. The van der Waals surface area contributed by atoms with Gasteiger partial charge in [-0.25, -0.2) is 13.2 Å². The van der Waals surface area contributed by atoms with Crippen molar-refractivity contribution in [2.24, 2.45) is 11.8 Å². The molecule has 0 bridgehead atoms. The third kappa shape index (κ3) is 4.09. The second-order valence-corrected chi connectivity index (χ2v) is 12.1. The van der Waals surface area contributed by atoms with Crippen LogP contribution >= 0.6 is 11.6 Å². The minimum Gasteiger partial charge on any atom is -0.507 e. The number of halogens is 1. The lowest BCUT2D eigenvalue weighted by Crippen LogP contribution is -2.40. The van der Waals surface area contributed by atoms with Crippen molar-refractivity contribution in [1.29, 1.82) is 0 Å². The fraction of sp³-hybridized carbons (Fsp3) is 0.423. The number of fused-ring (bicyclic) bond motifs is 1. The molecule has 34 heavy (non-hydrogen) atoms. The van der Waals surface area contributed by atoms with Crippen LogP contribution in [-0.2, 0) is 19.6 Å². The molecule has 2 N–H and O–H groups in total. The Morgan fingerprint density at radius 2 is 1.88 bits per heavy atom. The quantitative estimate of drug-likeness (QED) is 0.512. The van der Waals surface area contributed by atoms with Crippen LogP contribution in [0.15, 0.2) is 42.2 Å². The van der Waals surface area contributed by atoms with Crippen LogP contribution in [0.4, 0.5) is 5.69 Å². The Morgan fingerprint density at radius 1 is 1.12 bits per heavy atom. The molecule has 0 saturated heterocycles. The van der Waals surface area contributed by atoms with Gasteiger partial charge in [0.2, 0.25) is 10.0 Å². The topological polar surface area (TPSA) is 92.7 Å². The van der Waals surface area contributed by atoms with Gasteiger partial charge in [0.05, 0.1) is 6.26 Å². The highest BCUT2D eigenvalue weighted by molar-refractivity contribution is 7.92. The third-order valence-electron chi connectivity index (χ3n) is 7.55. The standard InChI is InChI=1S/C26H28ClNO5S/c1-15-11-21(17-6-4-8-19(12-17)28-34(2,31)32)22(27)13-20(15)23-24(29)26(33-25(23)30)10-9-16-5-3-7-18(16)14-26/h4,6,8,11-13,16,18,28-29H,3,5,7,9-10,14H2,1-2H3. The summed E-state index contributed by atoms with van der Waals surface area (Å²) in [4.78, 5) is 13.0. The number of ether oxygens (including phenoxy) is 1. The zero-order valence-corrected chi connectivity index (χ0v) is 20.8. The first-order valence-electron chi connectivity index (χ1n) is 11.6. The summed E-state index contributed by atoms with van der Waals surface area (Å²) < 4.78 is 31.6. The molecule has 5 rings (SSSR count). The molecule has 1 aliphatic heterocycles. The van der Waals surface area contributed by atoms with Crippen LogP contribution in [0.1, 0.15) is 49.7 Å². The van der Waals surface area contributed by atoms with Crippen molar-refractivity contribution < 1.29 is 23.1 Å². The van der Waals surface area contributed by atoms with Crippen LogP contribution in [-0.4, -0.2) is 31.4 Å². The zero-order chi connectivity index (χ0) is 24.3. The summed E-state index contributed by atoms with van der Waals surface area (Å²) in [7, 11) is -3.41. The molecule has 1 spiro atoms. The summed E-state index contributed by atoms with van der Waals surface area (Å²) in [6.45, 7) is 1.86. The molecular formula is C26H28ClNO5S. The van der Waals surface area contributed by atoms with Gasteiger partial charge in [0.25, 0.3) is 0 Å². The fourth-order valence-electron chi connectivity index (χ4n) is 5.99. The van der Waals surface area contributed by atoms with Crippen LogP contribution in [0.25, 0.3) is 16.7 Å². The van der Waals surface area contributed by atoms with Gasteiger partial charge in [-0.2, -0.15) is 0 Å². The maximum absolute atomic E-state index is 13.0. The normalized spacial score (nSPS) is 26.6. The van der Waals surface area contributed by atoms with Crippen molar-refractivity contribution in [3.8, 4) is 11.1 Å². The van der Waals surface area contributed by atoms with Gasteiger partial charge < -0.3 is 9.84 Å². The van der Waals surface area contributed by atoms with Crippen molar-refractivity contribution >= 4 is 38.9 Å². The Balaban J connectivity index is 1.51. The van der Waals surface area contributed by atoms with E-state index >= 15 is 0 Å². The first-order valence-corrected chi connectivity index (χ1v) is 13.9. The monoisotopic (exact) mass is 501 g/mol. The highest BCUT2D eigenvalue weighted by Gasteiger charge is 2.53. The number of hydrogen-bond donors (Lipinski definition) is 2. The first-order chi connectivity index (χ1) is 16.1. The van der Waals surface area contributed by atoms with Crippen LogP contribution < -0.4 is 4.72 Å². The first kappa shape index (κ1) is 23.2. The molecule has 2 saturated carbocycles. The number of nitrogens with one attached hydrogen (secondary N) is 1. The maximum atomic E-state index is 13.0. The molecule has 6 nitrogen and oxygen atoms in total. The van der Waals surface area contributed by atoms with Crippen molar-refractivity contribution in [1.82, 2.24) is 0 Å². The van der Waals surface area contributed by atoms with Crippen molar-refractivity contribution in [3.05, 3.63) is 58.3 Å². The Kier molecular flexibility index (Phi) is 5.68. The Labute approximate surface area is 205 Å². The molecule has 3 atom stereocenters. The van der Waals surface area contributed by atoms with E-state index < -0.39 is 21.6 Å². The number of aliphatic hydroxyl groups is 1. The van der Waals surface area contributed by atoms with Gasteiger partial charge in [-0.1, -0.05) is 43.0 Å². The highest BCUT2D eigenvalue weighted by Crippen LogP contribution is 2.53. The SMILES string of the molecule is Cc1cc(-c2cccc(NS(C)(=O)=O)c2)c(Cl)cc1C1=C(O)C2(CCC3CCCC3C2)OC1=O. The van der Waals surface area contributed by atoms with Gasteiger partial charge in [-0.15, -0.1) is 0 Å². The zero-order valence-electron chi connectivity index (χ0n) is 19.2. The van der Waals surface area contributed by atoms with Crippen LogP contribution in [0.2, 0.25) is 5.02 Å². The number of carbonyl (C=O) groups is 1. The number of esters is 1. The summed E-state index contributed by atoms with van der Waals surface area (Å²) in [6, 6.07) is 10.5. The second-order valence-electron chi connectivity index (χ2n) is 9.90. The highest BCUT2D eigenvalue weighted by atomic mass is 35.5. The van der Waals surface area contributed by atoms with E-state index in [2.05, 4.69) is 4.72 Å². The molecular weight excluding hydrogens is 474 g/mol. The molecule has 3 unspecified atom stereocenters. The summed E-state index contributed by atoms with van der Waals surface area (Å²) in [5.74, 6) is 0.696. The lowest BCUT2D eigenvalue weighted by molar-refractivity contribution is -0.152. The number of sulfonamides is 1. The van der Waals surface area contributed by atoms with Gasteiger partial charge >= 0.3 is 5.97 Å². The molecule has 0 amide bonds.